The van der Waals surface area contributed by atoms with E-state index in [1.54, 1.807) is 0 Å². The summed E-state index contributed by atoms with van der Waals surface area (Å²) in [6, 6.07) is 7.99. The molecule has 0 saturated carbocycles. The molecule has 3 rings (SSSR count). The first-order chi connectivity index (χ1) is 12.2. The van der Waals surface area contributed by atoms with Crippen LogP contribution in [-0.2, 0) is 14.6 Å². The molecule has 1 aromatic carbocycles. The molecule has 2 fully saturated rings. The molecule has 2 heterocycles. The van der Waals surface area contributed by atoms with Crippen molar-refractivity contribution >= 4 is 38.4 Å². The van der Waals surface area contributed by atoms with Gasteiger partial charge < -0.3 is 4.90 Å². The maximum atomic E-state index is 12.4. The predicted octanol–water partition coefficient (Wildman–Crippen LogP) is 3.46. The molecule has 1 aromatic rings. The molecule has 0 aliphatic carbocycles. The van der Waals surface area contributed by atoms with Gasteiger partial charge in [-0.3, -0.25) is 4.79 Å². The van der Waals surface area contributed by atoms with Gasteiger partial charge in [0.25, 0.3) is 5.91 Å². The molecule has 26 heavy (non-hydrogen) atoms. The summed E-state index contributed by atoms with van der Waals surface area (Å²) in [5, 5.41) is 0.575. The number of hydrogen-bond donors (Lipinski definition) is 0. The lowest BCUT2D eigenvalue weighted by molar-refractivity contribution is -0.121. The van der Waals surface area contributed by atoms with Gasteiger partial charge >= 0.3 is 0 Å². The first-order valence-corrected chi connectivity index (χ1v) is 11.8. The van der Waals surface area contributed by atoms with Crippen LogP contribution in [0.5, 0.6) is 0 Å². The summed E-state index contributed by atoms with van der Waals surface area (Å²) in [6.07, 6.45) is 0.741. The number of thioether (sulfide) groups is 1. The largest absolute Gasteiger partial charge is 0.316 e. The van der Waals surface area contributed by atoms with Crippen LogP contribution in [0.1, 0.15) is 45.6 Å². The summed E-state index contributed by atoms with van der Waals surface area (Å²) in [4.78, 5) is 18.7. The Hall–Kier alpha value is -1.34. The van der Waals surface area contributed by atoms with Gasteiger partial charge in [0.1, 0.15) is 0 Å². The maximum Gasteiger partial charge on any atom is 0.250 e. The number of hydrogen-bond acceptors (Lipinski definition) is 4. The Kier molecular flexibility index (Phi) is 5.49. The van der Waals surface area contributed by atoms with Crippen molar-refractivity contribution in [3.8, 4) is 0 Å². The Bertz CT molecular complexity index is 816. The zero-order valence-electron chi connectivity index (χ0n) is 15.7. The second kappa shape index (κ2) is 7.35. The third-order valence-electron chi connectivity index (χ3n) is 5.14. The van der Waals surface area contributed by atoms with Gasteiger partial charge in [-0.25, -0.2) is 8.42 Å². The predicted molar refractivity (Wildman–Crippen MR) is 109 cm³/mol. The zero-order valence-corrected chi connectivity index (χ0v) is 17.3. The summed E-state index contributed by atoms with van der Waals surface area (Å²) in [7, 11) is -3.04. The first kappa shape index (κ1) is 19.4. The van der Waals surface area contributed by atoms with Crippen LogP contribution in [0.4, 0.5) is 5.69 Å². The Morgan fingerprint density at radius 2 is 1.88 bits per heavy atom. The third-order valence-corrected chi connectivity index (χ3v) is 8.35. The Morgan fingerprint density at radius 1 is 1.23 bits per heavy atom. The van der Waals surface area contributed by atoms with E-state index in [1.165, 1.54) is 17.3 Å². The molecule has 0 spiro atoms. The van der Waals surface area contributed by atoms with Gasteiger partial charge in [0.15, 0.2) is 15.0 Å². The van der Waals surface area contributed by atoms with Gasteiger partial charge in [-0.05, 0) is 30.0 Å². The number of benzene rings is 1. The van der Waals surface area contributed by atoms with E-state index in [9.17, 15) is 13.2 Å². The van der Waals surface area contributed by atoms with Gasteiger partial charge in [-0.15, -0.1) is 0 Å². The van der Waals surface area contributed by atoms with Crippen LogP contribution in [0.15, 0.2) is 29.3 Å². The molecule has 5 nitrogen and oxygen atoms in total. The quantitative estimate of drug-likeness (QED) is 0.782. The Labute approximate surface area is 160 Å². The molecule has 1 amide bonds. The lowest BCUT2D eigenvalue weighted by atomic mass is 10.0. The van der Waals surface area contributed by atoms with Crippen molar-refractivity contribution < 1.29 is 13.2 Å². The number of amidine groups is 1. The summed E-state index contributed by atoms with van der Waals surface area (Å²) < 4.78 is 24.2. The second-order valence-corrected chi connectivity index (χ2v) is 10.8. The van der Waals surface area contributed by atoms with E-state index < -0.39 is 9.84 Å². The highest BCUT2D eigenvalue weighted by Gasteiger charge is 2.49. The van der Waals surface area contributed by atoms with Gasteiger partial charge in [-0.2, -0.15) is 4.99 Å². The van der Waals surface area contributed by atoms with Crippen molar-refractivity contribution in [1.82, 2.24) is 0 Å². The summed E-state index contributed by atoms with van der Waals surface area (Å²) in [5.74, 6) is 0.433. The van der Waals surface area contributed by atoms with E-state index in [4.69, 9.17) is 0 Å². The molecular weight excluding hydrogens is 368 g/mol. The summed E-state index contributed by atoms with van der Waals surface area (Å²) in [5.41, 5.74) is 2.13. The maximum absolute atomic E-state index is 12.4. The number of rotatable bonds is 4. The van der Waals surface area contributed by atoms with Crippen molar-refractivity contribution in [1.29, 1.82) is 0 Å². The molecule has 0 radical (unpaired) electrons. The SMILES string of the molecule is CC[C@@H](C)C(=O)N=C1S[C@H]2CS(=O)(=O)C[C@H]2N1c1ccc(C(C)C)cc1. The van der Waals surface area contributed by atoms with E-state index in [1.807, 2.05) is 30.9 Å². The molecule has 2 aliphatic rings. The van der Waals surface area contributed by atoms with Crippen molar-refractivity contribution in [2.24, 2.45) is 10.9 Å². The van der Waals surface area contributed by atoms with Gasteiger partial charge in [0.2, 0.25) is 0 Å². The van der Waals surface area contributed by atoms with E-state index >= 15 is 0 Å². The lowest BCUT2D eigenvalue weighted by Gasteiger charge is -2.25. The van der Waals surface area contributed by atoms with Crippen molar-refractivity contribution in [2.45, 2.75) is 51.3 Å². The molecule has 0 aromatic heterocycles. The molecule has 3 atom stereocenters. The first-order valence-electron chi connectivity index (χ1n) is 9.10. The number of amides is 1. The monoisotopic (exact) mass is 394 g/mol. The Morgan fingerprint density at radius 3 is 2.46 bits per heavy atom. The van der Waals surface area contributed by atoms with Crippen molar-refractivity contribution in [2.75, 3.05) is 16.4 Å². The van der Waals surface area contributed by atoms with Gasteiger partial charge in [0.05, 0.1) is 17.5 Å². The normalized spacial score (nSPS) is 27.1. The molecule has 0 bridgehead atoms. The number of fused-ring (bicyclic) bond motifs is 1. The minimum atomic E-state index is -3.04. The molecule has 142 valence electrons. The number of sulfone groups is 1. The second-order valence-electron chi connectivity index (χ2n) is 7.46. The highest BCUT2D eigenvalue weighted by molar-refractivity contribution is 8.16. The van der Waals surface area contributed by atoms with E-state index in [0.717, 1.165) is 12.1 Å². The minimum Gasteiger partial charge on any atom is -0.316 e. The third kappa shape index (κ3) is 3.83. The lowest BCUT2D eigenvalue weighted by Crippen LogP contribution is -2.37. The van der Waals surface area contributed by atoms with Crippen LogP contribution < -0.4 is 4.90 Å². The highest BCUT2D eigenvalue weighted by Crippen LogP contribution is 2.41. The number of anilines is 1. The van der Waals surface area contributed by atoms with E-state index in [0.29, 0.717) is 11.1 Å². The number of aliphatic imine (C=N–C) groups is 1. The fourth-order valence-electron chi connectivity index (χ4n) is 3.27. The molecular formula is C19H26N2O3S2. The number of carbonyl (C=O) groups is 1. The van der Waals surface area contributed by atoms with Gasteiger partial charge in [-0.1, -0.05) is 51.6 Å². The van der Waals surface area contributed by atoms with Crippen LogP contribution in [0, 0.1) is 5.92 Å². The molecule has 0 unspecified atom stereocenters. The molecule has 2 saturated heterocycles. The minimum absolute atomic E-state index is 0.0618. The fourth-order valence-corrected chi connectivity index (χ4v) is 7.18. The Balaban J connectivity index is 1.97. The smallest absolute Gasteiger partial charge is 0.250 e. The van der Waals surface area contributed by atoms with Crippen LogP contribution in [-0.4, -0.2) is 42.3 Å². The van der Waals surface area contributed by atoms with Gasteiger partial charge in [0, 0.05) is 16.9 Å². The van der Waals surface area contributed by atoms with E-state index in [2.05, 4.69) is 31.0 Å². The summed E-state index contributed by atoms with van der Waals surface area (Å²) in [6.45, 7) is 8.11. The number of nitrogens with zero attached hydrogens (tertiary/aromatic N) is 2. The average Bonchev–Trinajstić information content (AvgIpc) is 3.04. The topological polar surface area (TPSA) is 66.8 Å². The molecule has 0 N–H and O–H groups in total. The van der Waals surface area contributed by atoms with Crippen LogP contribution in [0.2, 0.25) is 0 Å². The molecule has 7 heteroatoms. The van der Waals surface area contributed by atoms with E-state index in [-0.39, 0.29) is 34.6 Å². The van der Waals surface area contributed by atoms with Crippen LogP contribution >= 0.6 is 11.8 Å². The fraction of sp³-hybridized carbons (Fsp3) is 0.579. The average molecular weight is 395 g/mol. The van der Waals surface area contributed by atoms with Crippen molar-refractivity contribution in [3.05, 3.63) is 29.8 Å². The standard InChI is InChI=1S/C19H26N2O3S2/c1-5-13(4)18(22)20-19-21(15-8-6-14(7-9-15)12(2)3)16-10-26(23,24)11-17(16)25-19/h6-9,12-13,16-17H,5,10-11H2,1-4H3/t13-,16-,17+/m1/s1. The highest BCUT2D eigenvalue weighted by atomic mass is 32.2. The zero-order chi connectivity index (χ0) is 19.1. The van der Waals surface area contributed by atoms with Crippen LogP contribution in [0.25, 0.3) is 0 Å². The van der Waals surface area contributed by atoms with Crippen molar-refractivity contribution in [3.63, 3.8) is 0 Å². The number of carbonyl (C=O) groups excluding carboxylic acids is 1. The van der Waals surface area contributed by atoms with Crippen LogP contribution in [0.3, 0.4) is 0 Å². The molecule has 2 aliphatic heterocycles. The summed E-state index contributed by atoms with van der Waals surface area (Å²) >= 11 is 1.43.